The molecule has 0 aromatic heterocycles. The van der Waals surface area contributed by atoms with Crippen LogP contribution >= 0.6 is 23.2 Å². The standard InChI is InChI=1S/C18H20Cl2N2O3/c1-22(10-12-4-6-14(19)15(20)8-12)11-18(23)21-13-5-7-16(24-2)17(9-13)25-3/h4-9H,10-11H2,1-3H3,(H,21,23). The molecular weight excluding hydrogens is 363 g/mol. The van der Waals surface area contributed by atoms with Crippen LogP contribution in [0.15, 0.2) is 36.4 Å². The van der Waals surface area contributed by atoms with Gasteiger partial charge < -0.3 is 14.8 Å². The van der Waals surface area contributed by atoms with Crippen molar-refractivity contribution in [3.8, 4) is 11.5 Å². The second-order valence-corrected chi connectivity index (χ2v) is 6.35. The fourth-order valence-electron chi connectivity index (χ4n) is 2.37. The van der Waals surface area contributed by atoms with Gasteiger partial charge >= 0.3 is 0 Å². The molecule has 134 valence electrons. The SMILES string of the molecule is COc1ccc(NC(=O)CN(C)Cc2ccc(Cl)c(Cl)c2)cc1OC. The van der Waals surface area contributed by atoms with E-state index in [9.17, 15) is 4.79 Å². The minimum atomic E-state index is -0.130. The molecule has 0 bridgehead atoms. The van der Waals surface area contributed by atoms with Gasteiger partial charge in [-0.15, -0.1) is 0 Å². The van der Waals surface area contributed by atoms with Gasteiger partial charge in [-0.1, -0.05) is 29.3 Å². The smallest absolute Gasteiger partial charge is 0.238 e. The summed E-state index contributed by atoms with van der Waals surface area (Å²) in [7, 11) is 4.97. The van der Waals surface area contributed by atoms with Crippen molar-refractivity contribution in [2.75, 3.05) is 33.1 Å². The number of benzene rings is 2. The molecule has 7 heteroatoms. The van der Waals surface area contributed by atoms with Crippen LogP contribution in [0.25, 0.3) is 0 Å². The zero-order valence-corrected chi connectivity index (χ0v) is 15.8. The van der Waals surface area contributed by atoms with E-state index in [0.29, 0.717) is 33.8 Å². The molecule has 1 N–H and O–H groups in total. The number of likely N-dealkylation sites (N-methyl/N-ethyl adjacent to an activating group) is 1. The first kappa shape index (κ1) is 19.4. The summed E-state index contributed by atoms with van der Waals surface area (Å²) in [4.78, 5) is 14.1. The maximum absolute atomic E-state index is 12.2. The summed E-state index contributed by atoms with van der Waals surface area (Å²) < 4.78 is 10.4. The van der Waals surface area contributed by atoms with Gasteiger partial charge in [-0.3, -0.25) is 9.69 Å². The largest absolute Gasteiger partial charge is 0.493 e. The normalized spacial score (nSPS) is 10.6. The predicted octanol–water partition coefficient (Wildman–Crippen LogP) is 4.08. The lowest BCUT2D eigenvalue weighted by Crippen LogP contribution is -2.29. The third kappa shape index (κ3) is 5.53. The van der Waals surface area contributed by atoms with Crippen molar-refractivity contribution in [2.45, 2.75) is 6.54 Å². The van der Waals surface area contributed by atoms with Crippen LogP contribution in [0.5, 0.6) is 11.5 Å². The molecule has 0 aliphatic heterocycles. The van der Waals surface area contributed by atoms with Crippen LogP contribution in [0.1, 0.15) is 5.56 Å². The number of nitrogens with one attached hydrogen (secondary N) is 1. The molecular formula is C18H20Cl2N2O3. The van der Waals surface area contributed by atoms with Crippen LogP contribution < -0.4 is 14.8 Å². The Morgan fingerprint density at radius 1 is 1.04 bits per heavy atom. The van der Waals surface area contributed by atoms with Crippen LogP contribution in [-0.4, -0.2) is 38.6 Å². The summed E-state index contributed by atoms with van der Waals surface area (Å²) in [5.74, 6) is 1.04. The Kier molecular flexibility index (Phi) is 6.93. The molecule has 0 heterocycles. The molecule has 2 aromatic carbocycles. The second-order valence-electron chi connectivity index (χ2n) is 5.54. The van der Waals surface area contributed by atoms with Gasteiger partial charge in [-0.2, -0.15) is 0 Å². The predicted molar refractivity (Wildman–Crippen MR) is 101 cm³/mol. The number of hydrogen-bond donors (Lipinski definition) is 1. The molecule has 0 aliphatic rings. The zero-order chi connectivity index (χ0) is 18.4. The van der Waals surface area contributed by atoms with Crippen molar-refractivity contribution < 1.29 is 14.3 Å². The number of anilines is 1. The first-order chi connectivity index (χ1) is 11.9. The first-order valence-corrected chi connectivity index (χ1v) is 8.33. The van der Waals surface area contributed by atoms with Crippen molar-refractivity contribution in [3.63, 3.8) is 0 Å². The quantitative estimate of drug-likeness (QED) is 0.783. The highest BCUT2D eigenvalue weighted by Crippen LogP contribution is 2.29. The van der Waals surface area contributed by atoms with Gasteiger partial charge in [-0.25, -0.2) is 0 Å². The number of ether oxygens (including phenoxy) is 2. The van der Waals surface area contributed by atoms with Gasteiger partial charge in [0.2, 0.25) is 5.91 Å². The van der Waals surface area contributed by atoms with Gasteiger partial charge in [0.15, 0.2) is 11.5 Å². The Morgan fingerprint density at radius 2 is 1.76 bits per heavy atom. The van der Waals surface area contributed by atoms with Crippen molar-refractivity contribution in [1.82, 2.24) is 4.90 Å². The van der Waals surface area contributed by atoms with Crippen LogP contribution in [0.2, 0.25) is 10.0 Å². The first-order valence-electron chi connectivity index (χ1n) is 7.57. The molecule has 2 aromatic rings. The maximum Gasteiger partial charge on any atom is 0.238 e. The average Bonchev–Trinajstić information content (AvgIpc) is 2.57. The molecule has 1 amide bonds. The highest BCUT2D eigenvalue weighted by atomic mass is 35.5. The van der Waals surface area contributed by atoms with E-state index in [1.807, 2.05) is 18.0 Å². The van der Waals surface area contributed by atoms with Crippen LogP contribution in [-0.2, 0) is 11.3 Å². The van der Waals surface area contributed by atoms with Gasteiger partial charge in [0.1, 0.15) is 0 Å². The number of methoxy groups -OCH3 is 2. The number of carbonyl (C=O) groups excluding carboxylic acids is 1. The molecule has 0 spiro atoms. The highest BCUT2D eigenvalue weighted by Gasteiger charge is 2.10. The Labute approximate surface area is 157 Å². The van der Waals surface area contributed by atoms with Crippen LogP contribution in [0.3, 0.4) is 0 Å². The molecule has 0 atom stereocenters. The lowest BCUT2D eigenvalue weighted by molar-refractivity contribution is -0.117. The number of rotatable bonds is 7. The lowest BCUT2D eigenvalue weighted by atomic mass is 10.2. The number of hydrogen-bond acceptors (Lipinski definition) is 4. The molecule has 0 aliphatic carbocycles. The molecule has 5 nitrogen and oxygen atoms in total. The fourth-order valence-corrected chi connectivity index (χ4v) is 2.69. The van der Waals surface area contributed by atoms with E-state index in [1.165, 1.54) is 0 Å². The van der Waals surface area contributed by atoms with Crippen LogP contribution in [0, 0.1) is 0 Å². The summed E-state index contributed by atoms with van der Waals surface area (Å²) in [6, 6.07) is 10.7. The van der Waals surface area contributed by atoms with E-state index in [-0.39, 0.29) is 12.5 Å². The van der Waals surface area contributed by atoms with E-state index in [1.54, 1.807) is 44.6 Å². The van der Waals surface area contributed by atoms with Crippen molar-refractivity contribution >= 4 is 34.8 Å². The lowest BCUT2D eigenvalue weighted by Gasteiger charge is -2.17. The Balaban J connectivity index is 1.94. The van der Waals surface area contributed by atoms with Crippen molar-refractivity contribution in [1.29, 1.82) is 0 Å². The number of halogens is 2. The van der Waals surface area contributed by atoms with E-state index < -0.39 is 0 Å². The summed E-state index contributed by atoms with van der Waals surface area (Å²) in [5, 5.41) is 3.86. The Hall–Kier alpha value is -1.95. The topological polar surface area (TPSA) is 50.8 Å². The number of amides is 1. The third-order valence-corrected chi connectivity index (χ3v) is 4.26. The maximum atomic E-state index is 12.2. The monoisotopic (exact) mass is 382 g/mol. The van der Waals surface area contributed by atoms with E-state index >= 15 is 0 Å². The number of carbonyl (C=O) groups is 1. The summed E-state index contributed by atoms with van der Waals surface area (Å²) in [5.41, 5.74) is 1.63. The highest BCUT2D eigenvalue weighted by molar-refractivity contribution is 6.42. The summed E-state index contributed by atoms with van der Waals surface area (Å²) in [6.07, 6.45) is 0. The number of nitrogens with zero attached hydrogens (tertiary/aromatic N) is 1. The van der Waals surface area contributed by atoms with Crippen molar-refractivity contribution in [2.24, 2.45) is 0 Å². The molecule has 0 saturated heterocycles. The Bertz CT molecular complexity index is 753. The Morgan fingerprint density at radius 3 is 2.40 bits per heavy atom. The third-order valence-electron chi connectivity index (χ3n) is 3.52. The second kappa shape index (κ2) is 8.94. The van der Waals surface area contributed by atoms with Gasteiger partial charge in [0, 0.05) is 18.3 Å². The molecule has 0 fully saturated rings. The molecule has 0 radical (unpaired) electrons. The van der Waals surface area contributed by atoms with Gasteiger partial charge in [0.05, 0.1) is 30.8 Å². The summed E-state index contributed by atoms with van der Waals surface area (Å²) >= 11 is 11.9. The van der Waals surface area contributed by atoms with Gasteiger partial charge in [0.25, 0.3) is 0 Å². The molecule has 25 heavy (non-hydrogen) atoms. The average molecular weight is 383 g/mol. The molecule has 2 rings (SSSR count). The van der Waals surface area contributed by atoms with E-state index in [2.05, 4.69) is 5.32 Å². The minimum Gasteiger partial charge on any atom is -0.493 e. The molecule has 0 unspecified atom stereocenters. The summed E-state index contributed by atoms with van der Waals surface area (Å²) in [6.45, 7) is 0.810. The van der Waals surface area contributed by atoms with Gasteiger partial charge in [-0.05, 0) is 36.9 Å². The minimum absolute atomic E-state index is 0.130. The molecule has 0 saturated carbocycles. The zero-order valence-electron chi connectivity index (χ0n) is 14.3. The van der Waals surface area contributed by atoms with Crippen molar-refractivity contribution in [3.05, 3.63) is 52.0 Å². The van der Waals surface area contributed by atoms with E-state index in [0.717, 1.165) is 5.56 Å². The van der Waals surface area contributed by atoms with Crippen LogP contribution in [0.4, 0.5) is 5.69 Å². The van der Waals surface area contributed by atoms with E-state index in [4.69, 9.17) is 32.7 Å². The fraction of sp³-hybridized carbons (Fsp3) is 0.278.